The normalized spacial score (nSPS) is 17.4. The minimum atomic E-state index is -0.668. The number of likely N-dealkylation sites (tertiary alicyclic amines) is 1. The van der Waals surface area contributed by atoms with Crippen molar-refractivity contribution in [2.45, 2.75) is 32.4 Å². The molecule has 1 saturated heterocycles. The largest absolute Gasteiger partial charge is 0.507 e. The summed E-state index contributed by atoms with van der Waals surface area (Å²) in [6.07, 6.45) is 2.63. The summed E-state index contributed by atoms with van der Waals surface area (Å²) in [5.74, 6) is -0.857. The number of amides is 1. The molecule has 1 unspecified atom stereocenters. The molecule has 2 aromatic carbocycles. The summed E-state index contributed by atoms with van der Waals surface area (Å²) in [6, 6.07) is 18.3. The Morgan fingerprint density at radius 1 is 1.08 bits per heavy atom. The summed E-state index contributed by atoms with van der Waals surface area (Å²) in [7, 11) is 2.00. The fourth-order valence-corrected chi connectivity index (χ4v) is 5.71. The van der Waals surface area contributed by atoms with Crippen LogP contribution in [0.5, 0.6) is 5.75 Å². The minimum absolute atomic E-state index is 0.0341. The molecular formula is C29H28N2O4S. The van der Waals surface area contributed by atoms with Gasteiger partial charge in [-0.05, 0) is 55.5 Å². The van der Waals surface area contributed by atoms with Crippen molar-refractivity contribution in [3.05, 3.63) is 93.8 Å². The number of hydrogen-bond donors (Lipinski definition) is 1. The third kappa shape index (κ3) is 4.31. The maximum atomic E-state index is 13.3. The number of aliphatic hydroxyl groups excluding tert-OH is 1. The van der Waals surface area contributed by atoms with Crippen LogP contribution in [0.15, 0.2) is 77.8 Å². The molecule has 0 aliphatic carbocycles. The molecule has 1 amide bonds. The number of benzene rings is 2. The number of ether oxygens (including phenoxy) is 1. The molecule has 1 atom stereocenters. The molecule has 184 valence electrons. The van der Waals surface area contributed by atoms with Gasteiger partial charge in [0.2, 0.25) is 0 Å². The lowest BCUT2D eigenvalue weighted by Crippen LogP contribution is -2.31. The first-order valence-corrected chi connectivity index (χ1v) is 12.8. The van der Waals surface area contributed by atoms with E-state index in [1.54, 1.807) is 29.2 Å². The second-order valence-corrected chi connectivity index (χ2v) is 10.2. The van der Waals surface area contributed by atoms with Crippen molar-refractivity contribution in [1.82, 2.24) is 9.47 Å². The molecule has 36 heavy (non-hydrogen) atoms. The number of carbonyl (C=O) groups excluding carboxylic acids is 2. The first kappa shape index (κ1) is 23.9. The van der Waals surface area contributed by atoms with Gasteiger partial charge in [0.25, 0.3) is 11.7 Å². The van der Waals surface area contributed by atoms with Gasteiger partial charge in [-0.3, -0.25) is 9.59 Å². The third-order valence-electron chi connectivity index (χ3n) is 6.43. The van der Waals surface area contributed by atoms with E-state index in [4.69, 9.17) is 4.74 Å². The average Bonchev–Trinajstić information content (AvgIpc) is 3.56. The average molecular weight is 501 g/mol. The number of nitrogens with zero attached hydrogens (tertiary/aromatic N) is 2. The van der Waals surface area contributed by atoms with Gasteiger partial charge in [0.1, 0.15) is 11.5 Å². The van der Waals surface area contributed by atoms with Crippen molar-refractivity contribution >= 4 is 39.7 Å². The van der Waals surface area contributed by atoms with Crippen LogP contribution < -0.4 is 4.74 Å². The molecule has 3 heterocycles. The lowest BCUT2D eigenvalue weighted by Gasteiger charge is -2.24. The Labute approximate surface area is 214 Å². The van der Waals surface area contributed by atoms with E-state index in [0.29, 0.717) is 24.3 Å². The molecule has 1 fully saturated rings. The summed E-state index contributed by atoms with van der Waals surface area (Å²) in [4.78, 5) is 29.0. The summed E-state index contributed by atoms with van der Waals surface area (Å²) in [5.41, 5.74) is 2.79. The number of Topliss-reactive ketones (excluding diaryl/α,β-unsaturated/α-hetero) is 1. The van der Waals surface area contributed by atoms with E-state index >= 15 is 0 Å². The molecule has 1 aliphatic rings. The van der Waals surface area contributed by atoms with Crippen molar-refractivity contribution in [2.24, 2.45) is 7.05 Å². The quantitative estimate of drug-likeness (QED) is 0.201. The first-order chi connectivity index (χ1) is 17.3. The molecule has 0 bridgehead atoms. The van der Waals surface area contributed by atoms with Gasteiger partial charge in [-0.15, -0.1) is 11.3 Å². The molecule has 4 aromatic rings. The van der Waals surface area contributed by atoms with Crippen LogP contribution in [0.3, 0.4) is 0 Å². The summed E-state index contributed by atoms with van der Waals surface area (Å²) in [6.45, 7) is 4.20. The SMILES string of the molecule is CC(C)Oc1cccc(/C(O)=C2/C(=O)C(=O)N(CCc3cn(C)c4ccccc34)C2c2cccs2)c1. The van der Waals surface area contributed by atoms with Gasteiger partial charge in [-0.25, -0.2) is 0 Å². The summed E-state index contributed by atoms with van der Waals surface area (Å²) in [5, 5.41) is 14.4. The van der Waals surface area contributed by atoms with Crippen molar-refractivity contribution in [3.8, 4) is 5.75 Å². The number of rotatable bonds is 7. The Morgan fingerprint density at radius 2 is 1.89 bits per heavy atom. The monoisotopic (exact) mass is 500 g/mol. The van der Waals surface area contributed by atoms with Crippen LogP contribution in [-0.2, 0) is 23.1 Å². The molecule has 5 rings (SSSR count). The van der Waals surface area contributed by atoms with E-state index in [0.717, 1.165) is 21.3 Å². The first-order valence-electron chi connectivity index (χ1n) is 12.0. The molecule has 6 nitrogen and oxygen atoms in total. The maximum Gasteiger partial charge on any atom is 0.295 e. The number of para-hydroxylation sites is 1. The fourth-order valence-electron chi connectivity index (χ4n) is 4.86. The number of aromatic nitrogens is 1. The highest BCUT2D eigenvalue weighted by molar-refractivity contribution is 7.10. The highest BCUT2D eigenvalue weighted by Crippen LogP contribution is 2.41. The Bertz CT molecular complexity index is 1470. The van der Waals surface area contributed by atoms with Crippen LogP contribution in [0.4, 0.5) is 0 Å². The molecule has 1 aliphatic heterocycles. The number of aryl methyl sites for hydroxylation is 1. The number of aliphatic hydroxyl groups is 1. The Balaban J connectivity index is 1.52. The van der Waals surface area contributed by atoms with E-state index in [9.17, 15) is 14.7 Å². The number of fused-ring (bicyclic) bond motifs is 1. The van der Waals surface area contributed by atoms with Gasteiger partial charge in [0.05, 0.1) is 17.7 Å². The zero-order valence-electron chi connectivity index (χ0n) is 20.5. The number of hydrogen-bond acceptors (Lipinski definition) is 5. The summed E-state index contributed by atoms with van der Waals surface area (Å²) >= 11 is 1.46. The molecule has 2 aromatic heterocycles. The van der Waals surface area contributed by atoms with Crippen molar-refractivity contribution < 1.29 is 19.4 Å². The Morgan fingerprint density at radius 3 is 2.64 bits per heavy atom. The molecule has 0 radical (unpaired) electrons. The van der Waals surface area contributed by atoms with Crippen LogP contribution in [-0.4, -0.2) is 38.9 Å². The van der Waals surface area contributed by atoms with Crippen LogP contribution in [0, 0.1) is 0 Å². The second-order valence-electron chi connectivity index (χ2n) is 9.23. The van der Waals surface area contributed by atoms with E-state index in [1.807, 2.05) is 50.5 Å². The standard InChI is InChI=1S/C29H28N2O4S/c1-18(2)35-21-9-6-8-19(16-21)27(32)25-26(24-12-7-15-36-24)31(29(34)28(25)33)14-13-20-17-30(3)23-11-5-4-10-22(20)23/h4-12,15-18,26,32H,13-14H2,1-3H3/b27-25-. The Hall–Kier alpha value is -3.84. The number of thiophene rings is 1. The van der Waals surface area contributed by atoms with E-state index in [1.165, 1.54) is 11.3 Å². The molecule has 0 saturated carbocycles. The van der Waals surface area contributed by atoms with Gasteiger partial charge in [0, 0.05) is 41.1 Å². The molecule has 7 heteroatoms. The lowest BCUT2D eigenvalue weighted by molar-refractivity contribution is -0.139. The van der Waals surface area contributed by atoms with Crippen molar-refractivity contribution in [2.75, 3.05) is 6.54 Å². The molecular weight excluding hydrogens is 472 g/mol. The third-order valence-corrected chi connectivity index (χ3v) is 7.36. The second kappa shape index (κ2) is 9.66. The Kier molecular flexibility index (Phi) is 6.41. The number of ketones is 1. The topological polar surface area (TPSA) is 71.8 Å². The zero-order valence-corrected chi connectivity index (χ0v) is 21.3. The van der Waals surface area contributed by atoms with Crippen LogP contribution in [0.2, 0.25) is 0 Å². The summed E-state index contributed by atoms with van der Waals surface area (Å²) < 4.78 is 7.84. The van der Waals surface area contributed by atoms with Gasteiger partial charge in [-0.1, -0.05) is 36.4 Å². The smallest absolute Gasteiger partial charge is 0.295 e. The predicted octanol–water partition coefficient (Wildman–Crippen LogP) is 5.69. The zero-order chi connectivity index (χ0) is 25.4. The van der Waals surface area contributed by atoms with E-state index < -0.39 is 17.7 Å². The number of carbonyl (C=O) groups is 2. The van der Waals surface area contributed by atoms with Gasteiger partial charge in [-0.2, -0.15) is 0 Å². The van der Waals surface area contributed by atoms with E-state index in [2.05, 4.69) is 22.9 Å². The van der Waals surface area contributed by atoms with Gasteiger partial charge < -0.3 is 19.3 Å². The van der Waals surface area contributed by atoms with Gasteiger partial charge in [0.15, 0.2) is 0 Å². The van der Waals surface area contributed by atoms with Crippen LogP contribution in [0.25, 0.3) is 16.7 Å². The van der Waals surface area contributed by atoms with E-state index in [-0.39, 0.29) is 17.4 Å². The van der Waals surface area contributed by atoms with Gasteiger partial charge >= 0.3 is 0 Å². The minimum Gasteiger partial charge on any atom is -0.507 e. The lowest BCUT2D eigenvalue weighted by atomic mass is 9.99. The van der Waals surface area contributed by atoms with Crippen LogP contribution >= 0.6 is 11.3 Å². The predicted molar refractivity (Wildman–Crippen MR) is 142 cm³/mol. The molecule has 0 spiro atoms. The maximum absolute atomic E-state index is 13.3. The van der Waals surface area contributed by atoms with Crippen molar-refractivity contribution in [1.29, 1.82) is 0 Å². The molecule has 1 N–H and O–H groups in total. The van der Waals surface area contributed by atoms with Crippen molar-refractivity contribution in [3.63, 3.8) is 0 Å². The highest BCUT2D eigenvalue weighted by Gasteiger charge is 2.46. The van der Waals surface area contributed by atoms with Crippen LogP contribution in [0.1, 0.15) is 35.9 Å². The fraction of sp³-hybridized carbons (Fsp3) is 0.241. The highest BCUT2D eigenvalue weighted by atomic mass is 32.1.